The summed E-state index contributed by atoms with van der Waals surface area (Å²) in [6.07, 6.45) is 2.41. The number of halogens is 2. The second-order valence-electron chi connectivity index (χ2n) is 3.20. The number of anilines is 1. The van der Waals surface area contributed by atoms with Crippen molar-refractivity contribution in [2.24, 2.45) is 0 Å². The molecule has 0 fully saturated rings. The molecular formula is C11H12Cl2N2O. The number of rotatable bonds is 4. The molecular weight excluding hydrogens is 247 g/mol. The minimum atomic E-state index is -0.291. The lowest BCUT2D eigenvalue weighted by Gasteiger charge is -2.07. The molecule has 3 nitrogen and oxygen atoms in total. The van der Waals surface area contributed by atoms with E-state index in [4.69, 9.17) is 28.9 Å². The molecule has 0 radical (unpaired) electrons. The van der Waals surface area contributed by atoms with Crippen LogP contribution >= 0.6 is 23.2 Å². The van der Waals surface area contributed by atoms with Crippen molar-refractivity contribution in [2.45, 2.75) is 6.42 Å². The van der Waals surface area contributed by atoms with E-state index in [1.165, 1.54) is 12.1 Å². The van der Waals surface area contributed by atoms with Crippen molar-refractivity contribution in [3.05, 3.63) is 40.4 Å². The summed E-state index contributed by atoms with van der Waals surface area (Å²) in [6.45, 7) is 4.06. The summed E-state index contributed by atoms with van der Waals surface area (Å²) < 4.78 is 0. The molecule has 1 rings (SSSR count). The van der Waals surface area contributed by atoms with Crippen LogP contribution in [0.1, 0.15) is 16.8 Å². The molecule has 0 atom stereocenters. The Morgan fingerprint density at radius 3 is 2.81 bits per heavy atom. The van der Waals surface area contributed by atoms with E-state index in [1.54, 1.807) is 6.08 Å². The Bertz CT molecular complexity index is 419. The molecule has 0 aliphatic heterocycles. The third kappa shape index (κ3) is 3.15. The predicted molar refractivity (Wildman–Crippen MR) is 68.0 cm³/mol. The second kappa shape index (κ2) is 5.77. The Hall–Kier alpha value is -1.19. The number of carbonyl (C=O) groups excluding carboxylic acids is 1. The topological polar surface area (TPSA) is 55.1 Å². The Morgan fingerprint density at radius 1 is 1.50 bits per heavy atom. The minimum absolute atomic E-state index is 0.215. The van der Waals surface area contributed by atoms with Crippen LogP contribution in [-0.2, 0) is 0 Å². The molecule has 3 N–H and O–H groups in total. The zero-order chi connectivity index (χ0) is 12.1. The lowest BCUT2D eigenvalue weighted by atomic mass is 10.2. The smallest absolute Gasteiger partial charge is 0.252 e. The number of hydrogen-bond donors (Lipinski definition) is 2. The molecule has 0 unspecified atom stereocenters. The van der Waals surface area contributed by atoms with E-state index in [2.05, 4.69) is 11.9 Å². The number of nitrogens with one attached hydrogen (secondary N) is 1. The maximum absolute atomic E-state index is 11.7. The summed E-state index contributed by atoms with van der Waals surface area (Å²) in [5, 5.41) is 3.17. The van der Waals surface area contributed by atoms with Crippen LogP contribution in [0.2, 0.25) is 10.0 Å². The average Bonchev–Trinajstić information content (AvgIpc) is 2.23. The highest BCUT2D eigenvalue weighted by Gasteiger charge is 2.13. The molecule has 1 aromatic carbocycles. The molecule has 0 aliphatic rings. The van der Waals surface area contributed by atoms with Crippen LogP contribution in [0.4, 0.5) is 5.69 Å². The Morgan fingerprint density at radius 2 is 2.19 bits per heavy atom. The quantitative estimate of drug-likeness (QED) is 0.496. The highest BCUT2D eigenvalue weighted by atomic mass is 35.5. The number of nitrogens with two attached hydrogens (primary N) is 1. The highest BCUT2D eigenvalue weighted by Crippen LogP contribution is 2.28. The fourth-order valence-corrected chi connectivity index (χ4v) is 1.58. The van der Waals surface area contributed by atoms with Gasteiger partial charge in [-0.15, -0.1) is 6.58 Å². The molecule has 0 saturated heterocycles. The van der Waals surface area contributed by atoms with E-state index in [-0.39, 0.29) is 21.5 Å². The molecule has 0 bridgehead atoms. The van der Waals surface area contributed by atoms with Gasteiger partial charge in [0.25, 0.3) is 5.91 Å². The normalized spacial score (nSPS) is 9.88. The molecule has 0 saturated carbocycles. The molecule has 86 valence electrons. The van der Waals surface area contributed by atoms with Crippen molar-refractivity contribution >= 4 is 34.8 Å². The van der Waals surface area contributed by atoms with E-state index >= 15 is 0 Å². The summed E-state index contributed by atoms with van der Waals surface area (Å²) in [6, 6.07) is 3.00. The van der Waals surface area contributed by atoms with Gasteiger partial charge in [-0.25, -0.2) is 0 Å². The van der Waals surface area contributed by atoms with Crippen molar-refractivity contribution in [3.63, 3.8) is 0 Å². The number of hydrogen-bond acceptors (Lipinski definition) is 2. The fraction of sp³-hybridized carbons (Fsp3) is 0.182. The molecule has 16 heavy (non-hydrogen) atoms. The summed E-state index contributed by atoms with van der Waals surface area (Å²) in [7, 11) is 0. The first kappa shape index (κ1) is 12.9. The zero-order valence-electron chi connectivity index (χ0n) is 8.59. The van der Waals surface area contributed by atoms with Gasteiger partial charge in [0, 0.05) is 12.2 Å². The van der Waals surface area contributed by atoms with Gasteiger partial charge in [-0.1, -0.05) is 29.3 Å². The summed E-state index contributed by atoms with van der Waals surface area (Å²) in [4.78, 5) is 11.7. The first-order valence-electron chi connectivity index (χ1n) is 4.70. The molecule has 0 spiro atoms. The van der Waals surface area contributed by atoms with Gasteiger partial charge in [-0.05, 0) is 18.6 Å². The van der Waals surface area contributed by atoms with Crippen molar-refractivity contribution in [1.82, 2.24) is 5.32 Å². The summed E-state index contributed by atoms with van der Waals surface area (Å²) in [5.74, 6) is -0.291. The van der Waals surface area contributed by atoms with Crippen molar-refractivity contribution < 1.29 is 4.79 Å². The Labute approximate surface area is 104 Å². The monoisotopic (exact) mass is 258 g/mol. The first-order chi connectivity index (χ1) is 7.56. The van der Waals surface area contributed by atoms with E-state index in [1.807, 2.05) is 0 Å². The highest BCUT2D eigenvalue weighted by molar-refractivity contribution is 6.44. The van der Waals surface area contributed by atoms with Crippen LogP contribution in [0, 0.1) is 0 Å². The van der Waals surface area contributed by atoms with Crippen LogP contribution in [-0.4, -0.2) is 12.5 Å². The fourth-order valence-electron chi connectivity index (χ4n) is 1.16. The molecule has 1 aromatic rings. The maximum Gasteiger partial charge on any atom is 0.252 e. The lowest BCUT2D eigenvalue weighted by molar-refractivity contribution is 0.0954. The van der Waals surface area contributed by atoms with Gasteiger partial charge in [0.05, 0.1) is 15.6 Å². The average molecular weight is 259 g/mol. The molecule has 5 heteroatoms. The van der Waals surface area contributed by atoms with Crippen LogP contribution in [0.15, 0.2) is 24.8 Å². The van der Waals surface area contributed by atoms with Gasteiger partial charge < -0.3 is 11.1 Å². The lowest BCUT2D eigenvalue weighted by Crippen LogP contribution is -2.24. The SMILES string of the molecule is C=CCCNC(=O)c1cc(N)cc(Cl)c1Cl. The number of benzene rings is 1. The van der Waals surface area contributed by atoms with Crippen LogP contribution < -0.4 is 11.1 Å². The number of amides is 1. The van der Waals surface area contributed by atoms with E-state index in [0.29, 0.717) is 18.7 Å². The van der Waals surface area contributed by atoms with Gasteiger partial charge in [-0.3, -0.25) is 4.79 Å². The zero-order valence-corrected chi connectivity index (χ0v) is 10.1. The molecule has 0 aliphatic carbocycles. The van der Waals surface area contributed by atoms with Gasteiger partial charge in [0.2, 0.25) is 0 Å². The standard InChI is InChI=1S/C11H12Cl2N2O/c1-2-3-4-15-11(16)8-5-7(14)6-9(12)10(8)13/h2,5-6H,1,3-4,14H2,(H,15,16). The third-order valence-corrected chi connectivity index (χ3v) is 2.73. The van der Waals surface area contributed by atoms with Gasteiger partial charge >= 0.3 is 0 Å². The Kier molecular flexibility index (Phi) is 4.65. The van der Waals surface area contributed by atoms with Crippen LogP contribution in [0.5, 0.6) is 0 Å². The summed E-state index contributed by atoms with van der Waals surface area (Å²) >= 11 is 11.7. The molecule has 0 heterocycles. The van der Waals surface area contributed by atoms with Gasteiger partial charge in [-0.2, -0.15) is 0 Å². The summed E-state index contributed by atoms with van der Waals surface area (Å²) in [5.41, 5.74) is 6.28. The van der Waals surface area contributed by atoms with Crippen LogP contribution in [0.3, 0.4) is 0 Å². The van der Waals surface area contributed by atoms with Gasteiger partial charge in [0.15, 0.2) is 0 Å². The van der Waals surface area contributed by atoms with E-state index < -0.39 is 0 Å². The molecule has 0 aromatic heterocycles. The molecule has 1 amide bonds. The third-order valence-electron chi connectivity index (χ3n) is 1.93. The van der Waals surface area contributed by atoms with Crippen molar-refractivity contribution in [3.8, 4) is 0 Å². The minimum Gasteiger partial charge on any atom is -0.399 e. The first-order valence-corrected chi connectivity index (χ1v) is 5.45. The van der Waals surface area contributed by atoms with Crippen molar-refractivity contribution in [1.29, 1.82) is 0 Å². The van der Waals surface area contributed by atoms with E-state index in [9.17, 15) is 4.79 Å². The van der Waals surface area contributed by atoms with E-state index in [0.717, 1.165) is 0 Å². The van der Waals surface area contributed by atoms with Gasteiger partial charge in [0.1, 0.15) is 0 Å². The van der Waals surface area contributed by atoms with Crippen molar-refractivity contribution in [2.75, 3.05) is 12.3 Å². The Balaban J connectivity index is 2.86. The largest absolute Gasteiger partial charge is 0.399 e. The number of nitrogen functional groups attached to an aromatic ring is 1. The maximum atomic E-state index is 11.7. The predicted octanol–water partition coefficient (Wildman–Crippen LogP) is 2.88. The van der Waals surface area contributed by atoms with Crippen LogP contribution in [0.25, 0.3) is 0 Å². The second-order valence-corrected chi connectivity index (χ2v) is 3.98. The number of carbonyl (C=O) groups is 1.